The lowest BCUT2D eigenvalue weighted by Crippen LogP contribution is -2.25. The highest BCUT2D eigenvalue weighted by atomic mass is 16.5. The molecule has 2 aromatic heterocycles. The van der Waals surface area contributed by atoms with E-state index in [2.05, 4.69) is 25.6 Å². The van der Waals surface area contributed by atoms with Crippen molar-refractivity contribution in [2.24, 2.45) is 5.73 Å². The number of carbonyl (C=O) groups is 2. The number of anilines is 1. The molecular formula is C24H21N7O3. The number of nitrogens with two attached hydrogens (primary N) is 1. The highest BCUT2D eigenvalue weighted by Gasteiger charge is 2.33. The Morgan fingerprint density at radius 1 is 1.21 bits per heavy atom. The predicted molar refractivity (Wildman–Crippen MR) is 123 cm³/mol. The Balaban J connectivity index is 1.55. The number of ether oxygens (including phenoxy) is 1. The molecule has 0 bridgehead atoms. The third-order valence-corrected chi connectivity index (χ3v) is 5.55. The number of primary amides is 1. The lowest BCUT2D eigenvalue weighted by molar-refractivity contribution is -0.120. The second kappa shape index (κ2) is 8.74. The SMILES string of the molecule is Cc1nn(-c2nncc(-c3ccccc3)n2)c2c1[C@H](c1cccc(OCC(N)=O)c1)CC(=O)N2. The van der Waals surface area contributed by atoms with Crippen molar-refractivity contribution in [3.63, 3.8) is 0 Å². The number of rotatable bonds is 6. The van der Waals surface area contributed by atoms with Gasteiger partial charge in [0.1, 0.15) is 11.6 Å². The molecule has 170 valence electrons. The van der Waals surface area contributed by atoms with Gasteiger partial charge in [-0.3, -0.25) is 9.59 Å². The number of aryl methyl sites for hydroxylation is 1. The van der Waals surface area contributed by atoms with E-state index in [-0.39, 0.29) is 30.8 Å². The maximum absolute atomic E-state index is 12.7. The monoisotopic (exact) mass is 455 g/mol. The molecule has 1 aliphatic heterocycles. The van der Waals surface area contributed by atoms with Crippen LogP contribution in [0.4, 0.5) is 5.82 Å². The van der Waals surface area contributed by atoms with Gasteiger partial charge in [-0.1, -0.05) is 42.5 Å². The van der Waals surface area contributed by atoms with Gasteiger partial charge in [0, 0.05) is 23.5 Å². The number of carbonyl (C=O) groups excluding carboxylic acids is 2. The Kier molecular flexibility index (Phi) is 5.46. The minimum absolute atomic E-state index is 0.158. The van der Waals surface area contributed by atoms with Gasteiger partial charge in [0.05, 0.1) is 17.6 Å². The molecule has 10 nitrogen and oxygen atoms in total. The number of fused-ring (bicyclic) bond motifs is 1. The molecule has 0 unspecified atom stereocenters. The van der Waals surface area contributed by atoms with Crippen molar-refractivity contribution in [1.29, 1.82) is 0 Å². The van der Waals surface area contributed by atoms with Crippen LogP contribution in [-0.2, 0) is 9.59 Å². The predicted octanol–water partition coefficient (Wildman–Crippen LogP) is 2.37. The fourth-order valence-corrected chi connectivity index (χ4v) is 4.08. The van der Waals surface area contributed by atoms with Crippen LogP contribution in [0.25, 0.3) is 17.2 Å². The van der Waals surface area contributed by atoms with Crippen molar-refractivity contribution >= 4 is 17.6 Å². The Labute approximate surface area is 194 Å². The lowest BCUT2D eigenvalue weighted by atomic mass is 9.86. The van der Waals surface area contributed by atoms with Crippen LogP contribution < -0.4 is 15.8 Å². The number of aromatic nitrogens is 5. The summed E-state index contributed by atoms with van der Waals surface area (Å²) in [6, 6.07) is 16.9. The van der Waals surface area contributed by atoms with E-state index >= 15 is 0 Å². The van der Waals surface area contributed by atoms with E-state index in [1.165, 1.54) is 4.68 Å². The Bertz CT molecular complexity index is 1380. The highest BCUT2D eigenvalue weighted by Crippen LogP contribution is 2.40. The second-order valence-electron chi connectivity index (χ2n) is 7.90. The molecule has 2 amide bonds. The summed E-state index contributed by atoms with van der Waals surface area (Å²) >= 11 is 0. The van der Waals surface area contributed by atoms with Crippen molar-refractivity contribution in [3.05, 3.63) is 77.6 Å². The zero-order valence-electron chi connectivity index (χ0n) is 18.3. The first-order valence-corrected chi connectivity index (χ1v) is 10.7. The molecule has 34 heavy (non-hydrogen) atoms. The smallest absolute Gasteiger partial charge is 0.272 e. The fourth-order valence-electron chi connectivity index (χ4n) is 4.08. The summed E-state index contributed by atoms with van der Waals surface area (Å²) in [5.41, 5.74) is 9.18. The van der Waals surface area contributed by atoms with E-state index in [0.717, 1.165) is 22.4 Å². The maximum atomic E-state index is 12.7. The number of benzene rings is 2. The molecule has 0 radical (unpaired) electrons. The summed E-state index contributed by atoms with van der Waals surface area (Å²) in [4.78, 5) is 28.4. The zero-order valence-corrected chi connectivity index (χ0v) is 18.3. The molecule has 0 saturated carbocycles. The second-order valence-corrected chi connectivity index (χ2v) is 7.90. The van der Waals surface area contributed by atoms with Crippen LogP contribution in [0.5, 0.6) is 5.75 Å². The van der Waals surface area contributed by atoms with Gasteiger partial charge >= 0.3 is 0 Å². The van der Waals surface area contributed by atoms with Crippen molar-refractivity contribution in [3.8, 4) is 23.0 Å². The van der Waals surface area contributed by atoms with Gasteiger partial charge in [-0.2, -0.15) is 14.9 Å². The third-order valence-electron chi connectivity index (χ3n) is 5.55. The molecular weight excluding hydrogens is 434 g/mol. The van der Waals surface area contributed by atoms with E-state index < -0.39 is 5.91 Å². The molecule has 3 heterocycles. The number of amides is 2. The standard InChI is InChI=1S/C24H21N7O3/c1-14-22-18(16-8-5-9-17(10-16)34-13-20(25)32)11-21(33)28-23(22)31(30-14)24-27-19(12-26-29-24)15-6-3-2-4-7-15/h2-10,12,18H,11,13H2,1H3,(H2,25,32)(H,28,33)/t18-/m0/s1. The Morgan fingerprint density at radius 3 is 2.82 bits per heavy atom. The summed E-state index contributed by atoms with van der Waals surface area (Å²) in [6.45, 7) is 1.65. The van der Waals surface area contributed by atoms with Gasteiger partial charge < -0.3 is 15.8 Å². The van der Waals surface area contributed by atoms with Crippen LogP contribution in [-0.4, -0.2) is 43.4 Å². The first-order valence-electron chi connectivity index (χ1n) is 10.7. The first kappa shape index (κ1) is 21.3. The molecule has 1 aliphatic rings. The van der Waals surface area contributed by atoms with Crippen LogP contribution in [0.2, 0.25) is 0 Å². The van der Waals surface area contributed by atoms with Crippen molar-refractivity contribution in [2.45, 2.75) is 19.3 Å². The van der Waals surface area contributed by atoms with Gasteiger partial charge in [-0.05, 0) is 24.6 Å². The van der Waals surface area contributed by atoms with E-state index in [1.807, 2.05) is 49.4 Å². The van der Waals surface area contributed by atoms with Gasteiger partial charge in [-0.15, -0.1) is 5.10 Å². The molecule has 1 atom stereocenters. The van der Waals surface area contributed by atoms with E-state index in [0.29, 0.717) is 17.3 Å². The molecule has 10 heteroatoms. The van der Waals surface area contributed by atoms with Gasteiger partial charge in [-0.25, -0.2) is 4.98 Å². The molecule has 5 rings (SSSR count). The summed E-state index contributed by atoms with van der Waals surface area (Å²) in [5.74, 6) is 0.277. The van der Waals surface area contributed by atoms with Crippen LogP contribution in [0.15, 0.2) is 60.8 Å². The zero-order chi connectivity index (χ0) is 23.7. The van der Waals surface area contributed by atoms with Crippen molar-refractivity contribution in [2.75, 3.05) is 11.9 Å². The fraction of sp³-hybridized carbons (Fsp3) is 0.167. The molecule has 4 aromatic rings. The molecule has 3 N–H and O–H groups in total. The lowest BCUT2D eigenvalue weighted by Gasteiger charge is -2.24. The van der Waals surface area contributed by atoms with Gasteiger partial charge in [0.15, 0.2) is 6.61 Å². The summed E-state index contributed by atoms with van der Waals surface area (Å²) in [6.07, 6.45) is 1.82. The van der Waals surface area contributed by atoms with E-state index in [1.54, 1.807) is 18.3 Å². The average molecular weight is 455 g/mol. The molecule has 2 aromatic carbocycles. The van der Waals surface area contributed by atoms with Crippen molar-refractivity contribution < 1.29 is 14.3 Å². The average Bonchev–Trinajstić information content (AvgIpc) is 3.19. The van der Waals surface area contributed by atoms with Gasteiger partial charge in [0.25, 0.3) is 11.9 Å². The van der Waals surface area contributed by atoms with Crippen LogP contribution in [0.1, 0.15) is 29.2 Å². The summed E-state index contributed by atoms with van der Waals surface area (Å²) < 4.78 is 6.96. The summed E-state index contributed by atoms with van der Waals surface area (Å²) in [7, 11) is 0. The number of hydrogen-bond donors (Lipinski definition) is 2. The molecule has 0 saturated heterocycles. The van der Waals surface area contributed by atoms with Gasteiger partial charge in [0.2, 0.25) is 5.91 Å². The topological polar surface area (TPSA) is 138 Å². The van der Waals surface area contributed by atoms with E-state index in [4.69, 9.17) is 10.5 Å². The Morgan fingerprint density at radius 2 is 2.03 bits per heavy atom. The first-order chi connectivity index (χ1) is 16.5. The van der Waals surface area contributed by atoms with Crippen molar-refractivity contribution in [1.82, 2.24) is 25.0 Å². The highest BCUT2D eigenvalue weighted by molar-refractivity contribution is 5.95. The number of nitrogens with one attached hydrogen (secondary N) is 1. The van der Waals surface area contributed by atoms with E-state index in [9.17, 15) is 9.59 Å². The quantitative estimate of drug-likeness (QED) is 0.455. The maximum Gasteiger partial charge on any atom is 0.272 e. The summed E-state index contributed by atoms with van der Waals surface area (Å²) in [5, 5.41) is 15.8. The normalized spacial score (nSPS) is 14.9. The van der Waals surface area contributed by atoms with Crippen LogP contribution in [0.3, 0.4) is 0 Å². The van der Waals surface area contributed by atoms with Crippen LogP contribution >= 0.6 is 0 Å². The Hall–Kier alpha value is -4.60. The largest absolute Gasteiger partial charge is 0.484 e. The minimum atomic E-state index is -0.562. The molecule has 0 spiro atoms. The molecule has 0 aliphatic carbocycles. The molecule has 0 fully saturated rings. The third kappa shape index (κ3) is 4.08. The van der Waals surface area contributed by atoms with Crippen LogP contribution in [0, 0.1) is 6.92 Å². The minimum Gasteiger partial charge on any atom is -0.484 e. The number of hydrogen-bond acceptors (Lipinski definition) is 7. The number of nitrogens with zero attached hydrogens (tertiary/aromatic N) is 5.